The van der Waals surface area contributed by atoms with Crippen LogP contribution in [0.15, 0.2) is 51.7 Å². The quantitative estimate of drug-likeness (QED) is 0.121. The Kier molecular flexibility index (Phi) is 12.5. The molecule has 0 bridgehead atoms. The van der Waals surface area contributed by atoms with Crippen molar-refractivity contribution in [1.82, 2.24) is 4.98 Å². The van der Waals surface area contributed by atoms with E-state index in [9.17, 15) is 22.8 Å². The zero-order valence-electron chi connectivity index (χ0n) is 23.1. The number of rotatable bonds is 17. The van der Waals surface area contributed by atoms with Gasteiger partial charge in [-0.2, -0.15) is 18.2 Å². The normalized spacial score (nSPS) is 11.6. The number of nitrogens with zero attached hydrogens (tertiary/aromatic N) is 1. The third-order valence-electron chi connectivity index (χ3n) is 6.69. The smallest absolute Gasteiger partial charge is 0.417 e. The molecule has 0 saturated carbocycles. The van der Waals surface area contributed by atoms with Crippen LogP contribution < -0.4 is 10.4 Å². The standard InChI is InChI=1S/C31H38F3NO5/c1-2-28(36)39-21-15-11-9-7-5-3-4-6-8-10-14-20-38-27-19-18-23-22-25(30(37)40-29(23)35-27)24-16-12-13-17-26(24)31(32,33)34/h12-13,16-19,22H,2-11,14-15,20-21H2,1H3. The van der Waals surface area contributed by atoms with Crippen molar-refractivity contribution in [3.05, 3.63) is 58.4 Å². The third kappa shape index (κ3) is 9.99. The van der Waals surface area contributed by atoms with Crippen LogP contribution in [0.3, 0.4) is 0 Å². The number of benzene rings is 1. The van der Waals surface area contributed by atoms with E-state index < -0.39 is 17.4 Å². The molecule has 0 spiro atoms. The molecule has 0 aliphatic rings. The highest BCUT2D eigenvalue weighted by molar-refractivity contribution is 5.80. The van der Waals surface area contributed by atoms with Gasteiger partial charge in [0.1, 0.15) is 0 Å². The van der Waals surface area contributed by atoms with E-state index in [-0.39, 0.29) is 22.8 Å². The fraction of sp³-hybridized carbons (Fsp3) is 0.516. The second kappa shape index (κ2) is 16.0. The minimum atomic E-state index is -4.59. The predicted molar refractivity (Wildman–Crippen MR) is 148 cm³/mol. The molecule has 2 aromatic heterocycles. The highest BCUT2D eigenvalue weighted by atomic mass is 19.4. The van der Waals surface area contributed by atoms with E-state index in [1.807, 2.05) is 0 Å². The minimum absolute atomic E-state index is 0.0238. The molecule has 0 radical (unpaired) electrons. The number of ether oxygens (including phenoxy) is 2. The number of fused-ring (bicyclic) bond motifs is 1. The molecule has 218 valence electrons. The number of aromatic nitrogens is 1. The number of carbonyl (C=O) groups is 1. The summed E-state index contributed by atoms with van der Waals surface area (Å²) in [5.41, 5.74) is -2.15. The number of alkyl halides is 3. The largest absolute Gasteiger partial charge is 0.478 e. The Bertz CT molecular complexity index is 1270. The van der Waals surface area contributed by atoms with E-state index in [1.54, 1.807) is 19.1 Å². The highest BCUT2D eigenvalue weighted by Gasteiger charge is 2.34. The van der Waals surface area contributed by atoms with Crippen molar-refractivity contribution in [1.29, 1.82) is 0 Å². The van der Waals surface area contributed by atoms with Gasteiger partial charge in [0.25, 0.3) is 0 Å². The molecule has 0 unspecified atom stereocenters. The molecule has 0 amide bonds. The SMILES string of the molecule is CCC(=O)OCCCCCCCCCCCCCOc1ccc2cc(-c3ccccc3C(F)(F)F)c(=O)oc2n1. The summed E-state index contributed by atoms with van der Waals surface area (Å²) in [7, 11) is 0. The summed E-state index contributed by atoms with van der Waals surface area (Å²) in [4.78, 5) is 27.8. The van der Waals surface area contributed by atoms with E-state index in [2.05, 4.69) is 4.98 Å². The van der Waals surface area contributed by atoms with E-state index >= 15 is 0 Å². The molecule has 6 nitrogen and oxygen atoms in total. The first-order valence-corrected chi connectivity index (χ1v) is 14.2. The van der Waals surface area contributed by atoms with Crippen molar-refractivity contribution >= 4 is 17.1 Å². The van der Waals surface area contributed by atoms with Crippen LogP contribution in [0.4, 0.5) is 13.2 Å². The number of halogens is 3. The Hall–Kier alpha value is -3.36. The molecular weight excluding hydrogens is 523 g/mol. The molecule has 2 heterocycles. The first kappa shape index (κ1) is 31.2. The Morgan fingerprint density at radius 2 is 1.43 bits per heavy atom. The lowest BCUT2D eigenvalue weighted by Crippen LogP contribution is -2.11. The lowest BCUT2D eigenvalue weighted by molar-refractivity contribution is -0.143. The van der Waals surface area contributed by atoms with Crippen molar-refractivity contribution < 1.29 is 31.9 Å². The number of hydrogen-bond donors (Lipinski definition) is 0. The van der Waals surface area contributed by atoms with Crippen LogP contribution in [-0.2, 0) is 15.7 Å². The summed E-state index contributed by atoms with van der Waals surface area (Å²) in [6.45, 7) is 2.82. The molecule has 0 aliphatic heterocycles. The van der Waals surface area contributed by atoms with E-state index in [4.69, 9.17) is 13.9 Å². The van der Waals surface area contributed by atoms with Crippen LogP contribution in [0.25, 0.3) is 22.2 Å². The van der Waals surface area contributed by atoms with Crippen molar-refractivity contribution in [3.8, 4) is 17.0 Å². The van der Waals surface area contributed by atoms with Gasteiger partial charge >= 0.3 is 17.8 Å². The third-order valence-corrected chi connectivity index (χ3v) is 6.69. The second-order valence-electron chi connectivity index (χ2n) is 9.85. The Morgan fingerprint density at radius 1 is 0.825 bits per heavy atom. The summed E-state index contributed by atoms with van der Waals surface area (Å²) in [5, 5.41) is 0.413. The number of esters is 1. The highest BCUT2D eigenvalue weighted by Crippen LogP contribution is 2.36. The summed E-state index contributed by atoms with van der Waals surface area (Å²) in [6, 6.07) is 9.54. The number of unbranched alkanes of at least 4 members (excludes halogenated alkanes) is 10. The zero-order chi connectivity index (χ0) is 28.8. The van der Waals surface area contributed by atoms with Crippen LogP contribution in [0.2, 0.25) is 0 Å². The maximum absolute atomic E-state index is 13.4. The molecule has 0 N–H and O–H groups in total. The first-order valence-electron chi connectivity index (χ1n) is 14.2. The average molecular weight is 562 g/mol. The first-order chi connectivity index (χ1) is 19.3. The van der Waals surface area contributed by atoms with Crippen LogP contribution in [0, 0.1) is 0 Å². The fourth-order valence-electron chi connectivity index (χ4n) is 4.48. The monoisotopic (exact) mass is 561 g/mol. The molecule has 9 heteroatoms. The van der Waals surface area contributed by atoms with Crippen LogP contribution in [0.5, 0.6) is 5.88 Å². The van der Waals surface area contributed by atoms with Gasteiger partial charge in [-0.1, -0.05) is 82.9 Å². The van der Waals surface area contributed by atoms with Gasteiger partial charge in [-0.25, -0.2) is 4.79 Å². The molecule has 40 heavy (non-hydrogen) atoms. The number of hydrogen-bond acceptors (Lipinski definition) is 6. The minimum Gasteiger partial charge on any atom is -0.478 e. The average Bonchev–Trinajstić information content (AvgIpc) is 2.94. The molecule has 1 aromatic carbocycles. The van der Waals surface area contributed by atoms with Crippen LogP contribution >= 0.6 is 0 Å². The lowest BCUT2D eigenvalue weighted by atomic mass is 10.0. The van der Waals surface area contributed by atoms with Crippen molar-refractivity contribution in [2.75, 3.05) is 13.2 Å². The molecular formula is C31H38F3NO5. The molecule has 3 rings (SSSR count). The molecule has 0 fully saturated rings. The van der Waals surface area contributed by atoms with E-state index in [0.29, 0.717) is 30.9 Å². The molecule has 0 atom stereocenters. The second-order valence-corrected chi connectivity index (χ2v) is 9.85. The Balaban J connectivity index is 1.33. The summed E-state index contributed by atoms with van der Waals surface area (Å²) in [6.07, 6.45) is 8.21. The maximum atomic E-state index is 13.4. The van der Waals surface area contributed by atoms with Gasteiger partial charge in [0.2, 0.25) is 11.6 Å². The van der Waals surface area contributed by atoms with Crippen LogP contribution in [-0.4, -0.2) is 24.2 Å². The number of carbonyl (C=O) groups excluding carboxylic acids is 1. The van der Waals surface area contributed by atoms with Gasteiger partial charge in [-0.15, -0.1) is 0 Å². The van der Waals surface area contributed by atoms with Gasteiger partial charge < -0.3 is 13.9 Å². The van der Waals surface area contributed by atoms with Gasteiger partial charge in [0.05, 0.1) is 24.3 Å². The van der Waals surface area contributed by atoms with Gasteiger partial charge in [0.15, 0.2) is 0 Å². The Morgan fingerprint density at radius 3 is 2.05 bits per heavy atom. The van der Waals surface area contributed by atoms with Gasteiger partial charge in [-0.3, -0.25) is 4.79 Å². The van der Waals surface area contributed by atoms with E-state index in [0.717, 1.165) is 38.2 Å². The predicted octanol–water partition coefficient (Wildman–Crippen LogP) is 8.50. The van der Waals surface area contributed by atoms with Gasteiger partial charge in [-0.05, 0) is 31.0 Å². The van der Waals surface area contributed by atoms with Crippen molar-refractivity contribution in [2.24, 2.45) is 0 Å². The van der Waals surface area contributed by atoms with Crippen molar-refractivity contribution in [2.45, 2.75) is 90.1 Å². The molecule has 0 saturated heterocycles. The molecule has 3 aromatic rings. The van der Waals surface area contributed by atoms with Crippen molar-refractivity contribution in [3.63, 3.8) is 0 Å². The van der Waals surface area contributed by atoms with E-state index in [1.165, 1.54) is 62.8 Å². The zero-order valence-corrected chi connectivity index (χ0v) is 23.1. The lowest BCUT2D eigenvalue weighted by Gasteiger charge is -2.12. The summed E-state index contributed by atoms with van der Waals surface area (Å²) >= 11 is 0. The molecule has 0 aliphatic carbocycles. The summed E-state index contributed by atoms with van der Waals surface area (Å²) in [5.74, 6) is 0.184. The van der Waals surface area contributed by atoms with Gasteiger partial charge in [0, 0.05) is 23.4 Å². The topological polar surface area (TPSA) is 78.6 Å². The number of pyridine rings is 1. The maximum Gasteiger partial charge on any atom is 0.417 e. The summed E-state index contributed by atoms with van der Waals surface area (Å²) < 4.78 is 56.3. The fourth-order valence-corrected chi connectivity index (χ4v) is 4.48. The van der Waals surface area contributed by atoms with Crippen LogP contribution in [0.1, 0.15) is 89.5 Å². The Labute approximate surface area is 232 Å².